The Labute approximate surface area is 135 Å². The van der Waals surface area contributed by atoms with Gasteiger partial charge in [-0.05, 0) is 46.8 Å². The first kappa shape index (κ1) is 18.0. The molecule has 0 spiro atoms. The highest BCUT2D eigenvalue weighted by Crippen LogP contribution is 2.36. The van der Waals surface area contributed by atoms with Gasteiger partial charge in [0.1, 0.15) is 0 Å². The summed E-state index contributed by atoms with van der Waals surface area (Å²) >= 11 is 1.89. The smallest absolute Gasteiger partial charge is 0.191 e. The van der Waals surface area contributed by atoms with Crippen molar-refractivity contribution in [2.45, 2.75) is 51.4 Å². The minimum Gasteiger partial charge on any atom is -0.417 e. The van der Waals surface area contributed by atoms with Crippen LogP contribution in [0.15, 0.2) is 12.3 Å². The summed E-state index contributed by atoms with van der Waals surface area (Å²) in [5.74, 6) is -0.362. The van der Waals surface area contributed by atoms with Crippen LogP contribution in [0.25, 0.3) is 0 Å². The van der Waals surface area contributed by atoms with E-state index in [1.54, 1.807) is 6.07 Å². The monoisotopic (exact) mass is 411 g/mol. The number of hydrogen-bond donors (Lipinski definition) is 1. The van der Waals surface area contributed by atoms with E-state index in [2.05, 4.69) is 38.8 Å². The minimum absolute atomic E-state index is 0.154. The molecule has 0 saturated carbocycles. The SMILES string of the molecule is CC(C)(C)[Si](C)(C)OCCC(O)c1cc(I)c(F)cn1. The summed E-state index contributed by atoms with van der Waals surface area (Å²) in [5, 5.41) is 10.2. The molecule has 3 nitrogen and oxygen atoms in total. The number of halogens is 2. The summed E-state index contributed by atoms with van der Waals surface area (Å²) in [6.07, 6.45) is 0.907. The first-order chi connectivity index (χ1) is 9.04. The van der Waals surface area contributed by atoms with Crippen molar-refractivity contribution >= 4 is 30.9 Å². The second-order valence-corrected chi connectivity index (χ2v) is 12.4. The van der Waals surface area contributed by atoms with Crippen molar-refractivity contribution in [2.75, 3.05) is 6.61 Å². The van der Waals surface area contributed by atoms with Crippen molar-refractivity contribution in [3.8, 4) is 0 Å². The molecule has 0 aliphatic carbocycles. The Morgan fingerprint density at radius 1 is 1.45 bits per heavy atom. The highest BCUT2D eigenvalue weighted by atomic mass is 127. The maximum atomic E-state index is 13.1. The van der Waals surface area contributed by atoms with Crippen LogP contribution >= 0.6 is 22.6 Å². The Morgan fingerprint density at radius 3 is 2.55 bits per heavy atom. The van der Waals surface area contributed by atoms with Crippen molar-refractivity contribution in [2.24, 2.45) is 0 Å². The van der Waals surface area contributed by atoms with E-state index in [0.29, 0.717) is 22.3 Å². The third-order valence-corrected chi connectivity index (χ3v) is 9.20. The van der Waals surface area contributed by atoms with E-state index < -0.39 is 14.4 Å². The molecular weight excluding hydrogens is 388 g/mol. The lowest BCUT2D eigenvalue weighted by atomic mass is 10.2. The molecule has 0 amide bonds. The highest BCUT2D eigenvalue weighted by molar-refractivity contribution is 14.1. The van der Waals surface area contributed by atoms with Gasteiger partial charge in [-0.3, -0.25) is 4.98 Å². The first-order valence-electron chi connectivity index (χ1n) is 6.67. The Bertz CT molecular complexity index is 463. The Balaban J connectivity index is 2.56. The lowest BCUT2D eigenvalue weighted by Crippen LogP contribution is -2.41. The lowest BCUT2D eigenvalue weighted by molar-refractivity contribution is 0.132. The molecule has 20 heavy (non-hydrogen) atoms. The van der Waals surface area contributed by atoms with Crippen LogP contribution in [0, 0.1) is 9.39 Å². The average molecular weight is 411 g/mol. The van der Waals surface area contributed by atoms with Crippen LogP contribution in [0.4, 0.5) is 4.39 Å². The average Bonchev–Trinajstić information content (AvgIpc) is 2.30. The molecule has 1 aromatic rings. The zero-order valence-corrected chi connectivity index (χ0v) is 15.9. The van der Waals surface area contributed by atoms with Gasteiger partial charge < -0.3 is 9.53 Å². The van der Waals surface area contributed by atoms with E-state index >= 15 is 0 Å². The van der Waals surface area contributed by atoms with E-state index in [0.717, 1.165) is 6.20 Å². The molecule has 1 aromatic heterocycles. The molecule has 0 radical (unpaired) electrons. The predicted octanol–water partition coefficient (Wildman–Crippen LogP) is 4.27. The number of rotatable bonds is 5. The third kappa shape index (κ3) is 4.75. The number of aliphatic hydroxyl groups is 1. The molecule has 6 heteroatoms. The van der Waals surface area contributed by atoms with Gasteiger partial charge in [0, 0.05) is 13.0 Å². The summed E-state index contributed by atoms with van der Waals surface area (Å²) < 4.78 is 19.6. The molecule has 0 aliphatic heterocycles. The minimum atomic E-state index is -1.79. The van der Waals surface area contributed by atoms with Crippen molar-refractivity contribution in [3.05, 3.63) is 27.3 Å². The van der Waals surface area contributed by atoms with Gasteiger partial charge in [-0.15, -0.1) is 0 Å². The molecule has 0 aliphatic rings. The summed E-state index contributed by atoms with van der Waals surface area (Å²) in [5.41, 5.74) is 0.495. The fourth-order valence-corrected chi connectivity index (χ4v) is 2.92. The topological polar surface area (TPSA) is 42.4 Å². The molecule has 114 valence electrons. The number of nitrogens with zero attached hydrogens (tertiary/aromatic N) is 1. The normalized spacial score (nSPS) is 14.4. The van der Waals surface area contributed by atoms with Gasteiger partial charge >= 0.3 is 0 Å². The zero-order valence-electron chi connectivity index (χ0n) is 12.7. The van der Waals surface area contributed by atoms with E-state index in [-0.39, 0.29) is 10.9 Å². The molecule has 1 rings (SSSR count). The van der Waals surface area contributed by atoms with Crippen molar-refractivity contribution in [1.29, 1.82) is 0 Å². The van der Waals surface area contributed by atoms with Crippen LogP contribution in [-0.2, 0) is 4.43 Å². The Morgan fingerprint density at radius 2 is 2.05 bits per heavy atom. The quantitative estimate of drug-likeness (QED) is 0.581. The number of aromatic nitrogens is 1. The number of pyridine rings is 1. The van der Waals surface area contributed by atoms with Crippen LogP contribution in [-0.4, -0.2) is 25.0 Å². The zero-order chi connectivity index (χ0) is 15.6. The van der Waals surface area contributed by atoms with Gasteiger partial charge in [-0.1, -0.05) is 20.8 Å². The fourth-order valence-electron chi connectivity index (χ4n) is 1.40. The van der Waals surface area contributed by atoms with Crippen LogP contribution < -0.4 is 0 Å². The predicted molar refractivity (Wildman–Crippen MR) is 89.6 cm³/mol. The summed E-state index contributed by atoms with van der Waals surface area (Å²) in [6, 6.07) is 1.58. The van der Waals surface area contributed by atoms with Gasteiger partial charge in [0.2, 0.25) is 0 Å². The summed E-state index contributed by atoms with van der Waals surface area (Å²) in [7, 11) is -1.79. The van der Waals surface area contributed by atoms with Crippen LogP contribution in [0.3, 0.4) is 0 Å². The molecule has 0 saturated heterocycles. The van der Waals surface area contributed by atoms with E-state index in [4.69, 9.17) is 4.43 Å². The second kappa shape index (κ2) is 6.80. The molecule has 1 unspecified atom stereocenters. The van der Waals surface area contributed by atoms with E-state index in [1.807, 2.05) is 22.6 Å². The maximum Gasteiger partial charge on any atom is 0.191 e. The molecular formula is C14H23FINO2Si. The number of aliphatic hydroxyl groups excluding tert-OH is 1. The van der Waals surface area contributed by atoms with Crippen molar-refractivity contribution < 1.29 is 13.9 Å². The summed E-state index contributed by atoms with van der Waals surface area (Å²) in [6.45, 7) is 11.4. The fraction of sp³-hybridized carbons (Fsp3) is 0.643. The van der Waals surface area contributed by atoms with E-state index in [9.17, 15) is 9.50 Å². The van der Waals surface area contributed by atoms with Gasteiger partial charge in [0.05, 0.1) is 21.6 Å². The molecule has 0 fully saturated rings. The van der Waals surface area contributed by atoms with Gasteiger partial charge in [-0.25, -0.2) is 4.39 Å². The summed E-state index contributed by atoms with van der Waals surface area (Å²) in [4.78, 5) is 3.93. The first-order valence-corrected chi connectivity index (χ1v) is 10.7. The van der Waals surface area contributed by atoms with E-state index in [1.165, 1.54) is 0 Å². The van der Waals surface area contributed by atoms with Gasteiger partial charge in [-0.2, -0.15) is 0 Å². The highest BCUT2D eigenvalue weighted by Gasteiger charge is 2.37. The molecule has 1 atom stereocenters. The largest absolute Gasteiger partial charge is 0.417 e. The molecule has 1 N–H and O–H groups in total. The van der Waals surface area contributed by atoms with Crippen LogP contribution in [0.2, 0.25) is 18.1 Å². The van der Waals surface area contributed by atoms with Gasteiger partial charge in [0.25, 0.3) is 0 Å². The number of hydrogen-bond acceptors (Lipinski definition) is 3. The van der Waals surface area contributed by atoms with Gasteiger partial charge in [0.15, 0.2) is 14.1 Å². The lowest BCUT2D eigenvalue weighted by Gasteiger charge is -2.36. The Kier molecular flexibility index (Phi) is 6.12. The third-order valence-electron chi connectivity index (χ3n) is 3.83. The molecule has 0 aromatic carbocycles. The molecule has 0 bridgehead atoms. The van der Waals surface area contributed by atoms with Crippen LogP contribution in [0.5, 0.6) is 0 Å². The standard InChI is InChI=1S/C14H23FINO2Si/c1-14(2,3)20(4,5)19-7-6-13(18)12-8-11(16)10(15)9-17-12/h8-9,13,18H,6-7H2,1-5H3. The molecule has 1 heterocycles. The Hall–Kier alpha value is -0.0531. The second-order valence-electron chi connectivity index (χ2n) is 6.44. The van der Waals surface area contributed by atoms with Crippen LogP contribution in [0.1, 0.15) is 39.0 Å². The maximum absolute atomic E-state index is 13.1. The van der Waals surface area contributed by atoms with Crippen molar-refractivity contribution in [1.82, 2.24) is 4.98 Å². The van der Waals surface area contributed by atoms with Crippen molar-refractivity contribution in [3.63, 3.8) is 0 Å².